The normalized spacial score (nSPS) is 13.2. The molecule has 5 nitrogen and oxygen atoms in total. The van der Waals surface area contributed by atoms with Crippen molar-refractivity contribution in [1.82, 2.24) is 10.3 Å². The summed E-state index contributed by atoms with van der Waals surface area (Å²) in [6.45, 7) is -0.973. The first-order valence-electron chi connectivity index (χ1n) is 4.53. The fraction of sp³-hybridized carbons (Fsp3) is 0.333. The summed E-state index contributed by atoms with van der Waals surface area (Å²) < 4.78 is 35.7. The average Bonchev–Trinajstić information content (AvgIpc) is 2.24. The Balaban J connectivity index is 2.60. The lowest BCUT2D eigenvalue weighted by molar-refractivity contribution is -0.201. The molecule has 8 heteroatoms. The van der Waals surface area contributed by atoms with Crippen molar-refractivity contribution in [2.75, 3.05) is 6.54 Å². The van der Waals surface area contributed by atoms with Crippen molar-refractivity contribution < 1.29 is 23.1 Å². The number of H-pyrrole nitrogens is 1. The summed E-state index contributed by atoms with van der Waals surface area (Å²) in [4.78, 5) is 24.2. The van der Waals surface area contributed by atoms with E-state index in [1.165, 1.54) is 12.1 Å². The smallest absolute Gasteiger partial charge is 0.382 e. The monoisotopic (exact) mass is 250 g/mol. The largest absolute Gasteiger partial charge is 0.416 e. The Morgan fingerprint density at radius 2 is 2.12 bits per heavy atom. The molecule has 0 saturated carbocycles. The summed E-state index contributed by atoms with van der Waals surface area (Å²) >= 11 is 0. The highest BCUT2D eigenvalue weighted by molar-refractivity contribution is 5.92. The van der Waals surface area contributed by atoms with E-state index in [0.29, 0.717) is 0 Å². The van der Waals surface area contributed by atoms with E-state index in [0.717, 1.165) is 6.07 Å². The van der Waals surface area contributed by atoms with Crippen molar-refractivity contribution in [3.63, 3.8) is 0 Å². The van der Waals surface area contributed by atoms with Crippen LogP contribution in [0.5, 0.6) is 0 Å². The van der Waals surface area contributed by atoms with E-state index in [9.17, 15) is 22.8 Å². The van der Waals surface area contributed by atoms with Crippen LogP contribution in [0, 0.1) is 0 Å². The molecule has 17 heavy (non-hydrogen) atoms. The first-order valence-corrected chi connectivity index (χ1v) is 4.53. The SMILES string of the molecule is O=C(NCC(O)C(F)(F)F)c1cccc(=O)[nH]1. The van der Waals surface area contributed by atoms with Crippen LogP contribution < -0.4 is 10.9 Å². The van der Waals surface area contributed by atoms with Gasteiger partial charge in [-0.05, 0) is 6.07 Å². The summed E-state index contributed by atoms with van der Waals surface area (Å²) in [6.07, 6.45) is -7.43. The van der Waals surface area contributed by atoms with Crippen molar-refractivity contribution in [2.45, 2.75) is 12.3 Å². The zero-order valence-corrected chi connectivity index (χ0v) is 8.41. The van der Waals surface area contributed by atoms with Crippen molar-refractivity contribution in [3.05, 3.63) is 34.2 Å². The number of hydrogen-bond donors (Lipinski definition) is 3. The highest BCUT2D eigenvalue weighted by Gasteiger charge is 2.38. The van der Waals surface area contributed by atoms with Crippen LogP contribution in [0.3, 0.4) is 0 Å². The third-order valence-corrected chi connectivity index (χ3v) is 1.85. The summed E-state index contributed by atoms with van der Waals surface area (Å²) in [5, 5.41) is 10.5. The lowest BCUT2D eigenvalue weighted by Gasteiger charge is -2.14. The Kier molecular flexibility index (Phi) is 3.89. The summed E-state index contributed by atoms with van der Waals surface area (Å²) in [7, 11) is 0. The molecule has 1 heterocycles. The molecule has 0 aliphatic heterocycles. The number of aliphatic hydroxyl groups is 1. The minimum atomic E-state index is -4.79. The Bertz CT molecular complexity index is 455. The number of amides is 1. The Morgan fingerprint density at radius 1 is 1.47 bits per heavy atom. The number of nitrogens with one attached hydrogen (secondary N) is 2. The van der Waals surface area contributed by atoms with Crippen molar-refractivity contribution in [3.8, 4) is 0 Å². The van der Waals surface area contributed by atoms with Crippen LogP contribution in [0.25, 0.3) is 0 Å². The topological polar surface area (TPSA) is 82.2 Å². The van der Waals surface area contributed by atoms with E-state index in [4.69, 9.17) is 5.11 Å². The van der Waals surface area contributed by atoms with Gasteiger partial charge in [-0.25, -0.2) is 0 Å². The van der Waals surface area contributed by atoms with Crippen LogP contribution in [0.4, 0.5) is 13.2 Å². The second-order valence-corrected chi connectivity index (χ2v) is 3.20. The zero-order chi connectivity index (χ0) is 13.1. The van der Waals surface area contributed by atoms with E-state index < -0.39 is 30.3 Å². The fourth-order valence-electron chi connectivity index (χ4n) is 0.981. The van der Waals surface area contributed by atoms with Gasteiger partial charge in [-0.2, -0.15) is 13.2 Å². The third kappa shape index (κ3) is 3.91. The zero-order valence-electron chi connectivity index (χ0n) is 8.41. The molecule has 0 bridgehead atoms. The molecule has 1 aromatic rings. The minimum absolute atomic E-state index is 0.174. The molecule has 0 fully saturated rings. The summed E-state index contributed by atoms with van der Waals surface area (Å²) in [5.74, 6) is -0.897. The van der Waals surface area contributed by atoms with Gasteiger partial charge in [0.2, 0.25) is 5.56 Å². The van der Waals surface area contributed by atoms with Gasteiger partial charge >= 0.3 is 6.18 Å². The number of rotatable bonds is 3. The number of hydrogen-bond acceptors (Lipinski definition) is 3. The molecule has 1 atom stereocenters. The van der Waals surface area contributed by atoms with E-state index in [1.807, 2.05) is 5.32 Å². The van der Waals surface area contributed by atoms with E-state index in [2.05, 4.69) is 4.98 Å². The Morgan fingerprint density at radius 3 is 2.65 bits per heavy atom. The van der Waals surface area contributed by atoms with Gasteiger partial charge in [-0.1, -0.05) is 6.07 Å². The van der Waals surface area contributed by atoms with Crippen molar-refractivity contribution >= 4 is 5.91 Å². The Labute approximate surface area is 93.3 Å². The molecule has 0 saturated heterocycles. The van der Waals surface area contributed by atoms with E-state index >= 15 is 0 Å². The van der Waals surface area contributed by atoms with Gasteiger partial charge in [-0.3, -0.25) is 9.59 Å². The van der Waals surface area contributed by atoms with Gasteiger partial charge in [0.05, 0.1) is 6.54 Å². The molecule has 1 rings (SSSR count). The van der Waals surface area contributed by atoms with Crippen molar-refractivity contribution in [2.24, 2.45) is 0 Å². The van der Waals surface area contributed by atoms with Gasteiger partial charge in [0.1, 0.15) is 5.69 Å². The average molecular weight is 250 g/mol. The lowest BCUT2D eigenvalue weighted by atomic mass is 10.3. The lowest BCUT2D eigenvalue weighted by Crippen LogP contribution is -2.41. The maximum Gasteiger partial charge on any atom is 0.416 e. The first kappa shape index (κ1) is 13.2. The van der Waals surface area contributed by atoms with Gasteiger partial charge in [0, 0.05) is 6.07 Å². The predicted molar refractivity (Wildman–Crippen MR) is 51.5 cm³/mol. The molecule has 1 aromatic heterocycles. The van der Waals surface area contributed by atoms with Crippen LogP contribution in [-0.4, -0.2) is 34.8 Å². The summed E-state index contributed by atoms with van der Waals surface area (Å²) in [5.41, 5.74) is -0.721. The highest BCUT2D eigenvalue weighted by atomic mass is 19.4. The van der Waals surface area contributed by atoms with Crippen LogP contribution >= 0.6 is 0 Å². The molecule has 1 amide bonds. The molecule has 0 aromatic carbocycles. The molecule has 3 N–H and O–H groups in total. The standard InChI is InChI=1S/C9H9F3N2O3/c10-9(11,12)6(15)4-13-8(17)5-2-1-3-7(16)14-5/h1-3,6,15H,4H2,(H,13,17)(H,14,16). The predicted octanol–water partition coefficient (Wildman–Crippen LogP) is 0.0279. The van der Waals surface area contributed by atoms with Crippen LogP contribution in [-0.2, 0) is 0 Å². The molecular formula is C9H9F3N2O3. The number of aromatic nitrogens is 1. The summed E-state index contributed by atoms with van der Waals surface area (Å²) in [6, 6.07) is 3.67. The molecule has 1 unspecified atom stereocenters. The van der Waals surface area contributed by atoms with Gasteiger partial charge in [0.15, 0.2) is 6.10 Å². The molecule has 94 valence electrons. The minimum Gasteiger partial charge on any atom is -0.382 e. The van der Waals surface area contributed by atoms with Crippen LogP contribution in [0.15, 0.2) is 23.0 Å². The van der Waals surface area contributed by atoms with Gasteiger partial charge in [-0.15, -0.1) is 0 Å². The first-order chi connectivity index (χ1) is 7.80. The van der Waals surface area contributed by atoms with E-state index in [1.54, 1.807) is 0 Å². The second kappa shape index (κ2) is 5.00. The number of alkyl halides is 3. The molecule has 0 aliphatic rings. The maximum absolute atomic E-state index is 11.9. The van der Waals surface area contributed by atoms with Crippen LogP contribution in [0.1, 0.15) is 10.5 Å². The number of pyridine rings is 1. The van der Waals surface area contributed by atoms with Crippen molar-refractivity contribution in [1.29, 1.82) is 0 Å². The van der Waals surface area contributed by atoms with Gasteiger partial charge in [0.25, 0.3) is 5.91 Å². The molecule has 0 spiro atoms. The Hall–Kier alpha value is -1.83. The number of carbonyl (C=O) groups excluding carboxylic acids is 1. The maximum atomic E-state index is 11.9. The van der Waals surface area contributed by atoms with E-state index in [-0.39, 0.29) is 5.69 Å². The number of carbonyl (C=O) groups is 1. The van der Waals surface area contributed by atoms with Gasteiger partial charge < -0.3 is 15.4 Å². The third-order valence-electron chi connectivity index (χ3n) is 1.85. The number of aromatic amines is 1. The van der Waals surface area contributed by atoms with Crippen LogP contribution in [0.2, 0.25) is 0 Å². The molecule has 0 radical (unpaired) electrons. The number of aliphatic hydroxyl groups excluding tert-OH is 1. The fourth-order valence-corrected chi connectivity index (χ4v) is 0.981. The molecular weight excluding hydrogens is 241 g/mol. The second-order valence-electron chi connectivity index (χ2n) is 3.20. The number of halogens is 3. The highest BCUT2D eigenvalue weighted by Crippen LogP contribution is 2.19. The quantitative estimate of drug-likeness (QED) is 0.707. The molecule has 0 aliphatic carbocycles.